The fraction of sp³-hybridized carbons (Fsp3) is 0.438. The van der Waals surface area contributed by atoms with Crippen LogP contribution in [0.3, 0.4) is 0 Å². The second-order valence-electron chi connectivity index (χ2n) is 5.08. The molecule has 4 heteroatoms. The number of carbonyl (C=O) groups excluding carboxylic acids is 1. The molecule has 0 aliphatic rings. The summed E-state index contributed by atoms with van der Waals surface area (Å²) in [6.45, 7) is 4.41. The third-order valence-corrected chi connectivity index (χ3v) is 3.08. The van der Waals surface area contributed by atoms with Gasteiger partial charge in [0.25, 0.3) is 5.91 Å². The van der Waals surface area contributed by atoms with Crippen LogP contribution in [0.4, 0.5) is 0 Å². The molecule has 4 nitrogen and oxygen atoms in total. The number of amides is 1. The first-order chi connectivity index (χ1) is 9.40. The van der Waals surface area contributed by atoms with E-state index < -0.39 is 5.60 Å². The van der Waals surface area contributed by atoms with E-state index in [-0.39, 0.29) is 5.91 Å². The van der Waals surface area contributed by atoms with Crippen LogP contribution in [-0.4, -0.2) is 37.1 Å². The number of nitrogens with zero attached hydrogens (tertiary/aromatic N) is 1. The molecule has 0 fully saturated rings. The molecule has 0 aliphatic carbocycles. The highest BCUT2D eigenvalue weighted by Crippen LogP contribution is 2.14. The van der Waals surface area contributed by atoms with E-state index in [0.717, 1.165) is 11.1 Å². The molecule has 1 amide bonds. The number of nitrogens with two attached hydrogens (primary N) is 1. The monoisotopic (exact) mass is 274 g/mol. The maximum atomic E-state index is 12.2. The molecule has 0 spiro atoms. The molecule has 0 radical (unpaired) electrons. The number of benzene rings is 1. The van der Waals surface area contributed by atoms with Gasteiger partial charge in [-0.2, -0.15) is 0 Å². The fourth-order valence-corrected chi connectivity index (χ4v) is 1.74. The van der Waals surface area contributed by atoms with Crippen molar-refractivity contribution in [2.75, 3.05) is 20.7 Å². The quantitative estimate of drug-likeness (QED) is 0.844. The van der Waals surface area contributed by atoms with Gasteiger partial charge in [-0.25, -0.2) is 0 Å². The van der Waals surface area contributed by atoms with Gasteiger partial charge in [-0.05, 0) is 31.5 Å². The van der Waals surface area contributed by atoms with Gasteiger partial charge in [-0.1, -0.05) is 24.0 Å². The smallest absolute Gasteiger partial charge is 0.254 e. The van der Waals surface area contributed by atoms with E-state index in [1.165, 1.54) is 7.11 Å². The van der Waals surface area contributed by atoms with Crippen molar-refractivity contribution in [2.24, 2.45) is 5.73 Å². The third-order valence-electron chi connectivity index (χ3n) is 3.08. The van der Waals surface area contributed by atoms with Gasteiger partial charge in [0.05, 0.1) is 6.54 Å². The van der Waals surface area contributed by atoms with Gasteiger partial charge in [0.15, 0.2) is 0 Å². The molecule has 0 aromatic heterocycles. The molecule has 108 valence electrons. The Labute approximate surface area is 120 Å². The first-order valence-electron chi connectivity index (χ1n) is 6.49. The zero-order chi connectivity index (χ0) is 15.2. The van der Waals surface area contributed by atoms with Crippen molar-refractivity contribution >= 4 is 5.91 Å². The Kier molecular flexibility index (Phi) is 5.75. The molecule has 2 N–H and O–H groups in total. The maximum Gasteiger partial charge on any atom is 0.254 e. The van der Waals surface area contributed by atoms with Gasteiger partial charge < -0.3 is 15.4 Å². The molecule has 0 unspecified atom stereocenters. The minimum absolute atomic E-state index is 0.0491. The van der Waals surface area contributed by atoms with Crippen LogP contribution in [0.2, 0.25) is 0 Å². The van der Waals surface area contributed by atoms with Crippen molar-refractivity contribution in [2.45, 2.75) is 26.0 Å². The van der Waals surface area contributed by atoms with Crippen molar-refractivity contribution in [1.29, 1.82) is 0 Å². The Morgan fingerprint density at radius 3 is 2.45 bits per heavy atom. The number of hydrogen-bond acceptors (Lipinski definition) is 3. The highest BCUT2D eigenvalue weighted by Gasteiger charge is 2.29. The third kappa shape index (κ3) is 4.37. The summed E-state index contributed by atoms with van der Waals surface area (Å²) in [5.74, 6) is 5.72. The molecule has 0 heterocycles. The molecule has 1 aromatic carbocycles. The predicted molar refractivity (Wildman–Crippen MR) is 79.9 cm³/mol. The van der Waals surface area contributed by atoms with Gasteiger partial charge in [-0.15, -0.1) is 0 Å². The van der Waals surface area contributed by atoms with E-state index in [9.17, 15) is 4.79 Å². The first-order valence-corrected chi connectivity index (χ1v) is 6.49. The van der Waals surface area contributed by atoms with Crippen LogP contribution >= 0.6 is 0 Å². The summed E-state index contributed by atoms with van der Waals surface area (Å²) in [5.41, 5.74) is 6.49. The molecule has 0 bridgehead atoms. The molecule has 0 atom stereocenters. The lowest BCUT2D eigenvalue weighted by atomic mass is 10.1. The van der Waals surface area contributed by atoms with Crippen LogP contribution in [0.5, 0.6) is 0 Å². The molecular formula is C16H22N2O2. The highest BCUT2D eigenvalue weighted by molar-refractivity contribution is 5.84. The predicted octanol–water partition coefficient (Wildman–Crippen LogP) is 1.38. The second kappa shape index (κ2) is 7.09. The van der Waals surface area contributed by atoms with Crippen LogP contribution in [-0.2, 0) is 16.1 Å². The summed E-state index contributed by atoms with van der Waals surface area (Å²) < 4.78 is 5.20. The Hall–Kier alpha value is -1.83. The number of rotatable bonds is 4. The summed E-state index contributed by atoms with van der Waals surface area (Å²) in [6.07, 6.45) is 0. The molecule has 20 heavy (non-hydrogen) atoms. The van der Waals surface area contributed by atoms with Gasteiger partial charge in [-0.3, -0.25) is 4.79 Å². The number of carbonyl (C=O) groups is 1. The van der Waals surface area contributed by atoms with E-state index in [2.05, 4.69) is 11.8 Å². The standard InChI is InChI=1S/C16H22N2O2/c1-16(2,20-4)15(19)18(3)12-14-9-7-13(8-10-14)6-5-11-17/h7-10H,11-12,17H2,1-4H3. The van der Waals surface area contributed by atoms with Crippen molar-refractivity contribution < 1.29 is 9.53 Å². The largest absolute Gasteiger partial charge is 0.369 e. The maximum absolute atomic E-state index is 12.2. The molecule has 1 rings (SSSR count). The minimum atomic E-state index is -0.804. The summed E-state index contributed by atoms with van der Waals surface area (Å²) in [6, 6.07) is 7.78. The molecule has 0 saturated carbocycles. The van der Waals surface area contributed by atoms with Crippen LogP contribution in [0.25, 0.3) is 0 Å². The lowest BCUT2D eigenvalue weighted by molar-refractivity contribution is -0.150. The van der Waals surface area contributed by atoms with E-state index in [0.29, 0.717) is 13.1 Å². The van der Waals surface area contributed by atoms with Crippen LogP contribution in [0, 0.1) is 11.8 Å². The van der Waals surface area contributed by atoms with E-state index >= 15 is 0 Å². The Bertz CT molecular complexity index is 510. The van der Waals surface area contributed by atoms with E-state index in [4.69, 9.17) is 10.5 Å². The first kappa shape index (κ1) is 16.2. The molecule has 1 aromatic rings. The lowest BCUT2D eigenvalue weighted by Crippen LogP contribution is -2.44. The van der Waals surface area contributed by atoms with Crippen molar-refractivity contribution in [3.63, 3.8) is 0 Å². The van der Waals surface area contributed by atoms with Crippen LogP contribution < -0.4 is 5.73 Å². The highest BCUT2D eigenvalue weighted by atomic mass is 16.5. The van der Waals surface area contributed by atoms with Crippen molar-refractivity contribution in [1.82, 2.24) is 4.90 Å². The topological polar surface area (TPSA) is 55.6 Å². The Balaban J connectivity index is 2.71. The molecule has 0 saturated heterocycles. The summed E-state index contributed by atoms with van der Waals surface area (Å²) in [7, 11) is 3.31. The van der Waals surface area contributed by atoms with Gasteiger partial charge >= 0.3 is 0 Å². The van der Waals surface area contributed by atoms with E-state index in [1.807, 2.05) is 24.3 Å². The lowest BCUT2D eigenvalue weighted by Gasteiger charge is -2.28. The van der Waals surface area contributed by atoms with Crippen LogP contribution in [0.15, 0.2) is 24.3 Å². The van der Waals surface area contributed by atoms with Crippen molar-refractivity contribution in [3.05, 3.63) is 35.4 Å². The minimum Gasteiger partial charge on any atom is -0.369 e. The van der Waals surface area contributed by atoms with E-state index in [1.54, 1.807) is 25.8 Å². The Morgan fingerprint density at radius 2 is 1.95 bits per heavy atom. The average molecular weight is 274 g/mol. The second-order valence-corrected chi connectivity index (χ2v) is 5.08. The zero-order valence-electron chi connectivity index (χ0n) is 12.6. The number of hydrogen-bond donors (Lipinski definition) is 1. The summed E-state index contributed by atoms with van der Waals surface area (Å²) in [5, 5.41) is 0. The molecule has 0 aliphatic heterocycles. The molecular weight excluding hydrogens is 252 g/mol. The Morgan fingerprint density at radius 1 is 1.35 bits per heavy atom. The van der Waals surface area contributed by atoms with Gasteiger partial charge in [0.2, 0.25) is 0 Å². The summed E-state index contributed by atoms with van der Waals surface area (Å²) in [4.78, 5) is 13.8. The fourth-order valence-electron chi connectivity index (χ4n) is 1.74. The normalized spacial score (nSPS) is 10.7. The number of likely N-dealkylation sites (N-methyl/N-ethyl adjacent to an activating group) is 1. The number of ether oxygens (including phenoxy) is 1. The summed E-state index contributed by atoms with van der Waals surface area (Å²) >= 11 is 0. The van der Waals surface area contributed by atoms with Gasteiger partial charge in [0.1, 0.15) is 5.60 Å². The SMILES string of the molecule is COC(C)(C)C(=O)N(C)Cc1ccc(C#CCN)cc1. The number of methoxy groups -OCH3 is 1. The van der Waals surface area contributed by atoms with Gasteiger partial charge in [0, 0.05) is 26.3 Å². The zero-order valence-corrected chi connectivity index (χ0v) is 12.6. The van der Waals surface area contributed by atoms with Crippen molar-refractivity contribution in [3.8, 4) is 11.8 Å². The average Bonchev–Trinajstić information content (AvgIpc) is 2.45. The van der Waals surface area contributed by atoms with Crippen LogP contribution in [0.1, 0.15) is 25.0 Å².